The highest BCUT2D eigenvalue weighted by atomic mass is 16.6. The maximum atomic E-state index is 12.1. The van der Waals surface area contributed by atoms with Gasteiger partial charge in [-0.15, -0.1) is 0 Å². The Morgan fingerprint density at radius 2 is 1.83 bits per heavy atom. The first-order chi connectivity index (χ1) is 11.3. The predicted molar refractivity (Wildman–Crippen MR) is 91.7 cm³/mol. The Balaban J connectivity index is 2.03. The molecule has 0 spiro atoms. The Bertz CT molecular complexity index is 661. The third-order valence-electron chi connectivity index (χ3n) is 3.20. The van der Waals surface area contributed by atoms with Crippen molar-refractivity contribution in [1.82, 2.24) is 15.6 Å². The van der Waals surface area contributed by atoms with Crippen LogP contribution in [0.25, 0.3) is 0 Å². The molecule has 6 nitrogen and oxygen atoms in total. The Labute approximate surface area is 141 Å². The summed E-state index contributed by atoms with van der Waals surface area (Å²) in [6.45, 7) is 5.66. The quantitative estimate of drug-likeness (QED) is 0.788. The summed E-state index contributed by atoms with van der Waals surface area (Å²) in [5.74, 6) is -0.230. The molecule has 2 rings (SSSR count). The van der Waals surface area contributed by atoms with Gasteiger partial charge in [-0.3, -0.25) is 4.79 Å². The zero-order valence-corrected chi connectivity index (χ0v) is 14.1. The van der Waals surface area contributed by atoms with E-state index in [-0.39, 0.29) is 18.5 Å². The van der Waals surface area contributed by atoms with E-state index in [9.17, 15) is 9.59 Å². The van der Waals surface area contributed by atoms with Gasteiger partial charge in [0.1, 0.15) is 11.3 Å². The first kappa shape index (κ1) is 17.6. The highest BCUT2D eigenvalue weighted by Gasteiger charge is 2.21. The minimum absolute atomic E-state index is 0.230. The number of aromatic amines is 1. The molecule has 24 heavy (non-hydrogen) atoms. The molecule has 0 saturated carbocycles. The Kier molecular flexibility index (Phi) is 5.63. The number of benzene rings is 1. The smallest absolute Gasteiger partial charge is 0.408 e. The molecule has 0 radical (unpaired) electrons. The SMILES string of the molecule is CC(C)(C)OC(=O)N[C@H](CNC(=O)c1ccc[nH]1)c1ccccc1. The zero-order valence-electron chi connectivity index (χ0n) is 14.1. The fourth-order valence-corrected chi connectivity index (χ4v) is 2.15. The molecule has 1 aromatic heterocycles. The van der Waals surface area contributed by atoms with Gasteiger partial charge in [-0.2, -0.15) is 0 Å². The Morgan fingerprint density at radius 3 is 2.42 bits per heavy atom. The van der Waals surface area contributed by atoms with Crippen molar-refractivity contribution in [1.29, 1.82) is 0 Å². The van der Waals surface area contributed by atoms with Gasteiger partial charge in [0.05, 0.1) is 6.04 Å². The highest BCUT2D eigenvalue weighted by Crippen LogP contribution is 2.14. The second-order valence-electron chi connectivity index (χ2n) is 6.40. The van der Waals surface area contributed by atoms with Crippen LogP contribution in [0.3, 0.4) is 0 Å². The molecule has 0 aliphatic heterocycles. The largest absolute Gasteiger partial charge is 0.444 e. The fourth-order valence-electron chi connectivity index (χ4n) is 2.15. The number of nitrogens with one attached hydrogen (secondary N) is 3. The lowest BCUT2D eigenvalue weighted by molar-refractivity contribution is 0.0501. The first-order valence-electron chi connectivity index (χ1n) is 7.81. The molecule has 2 aromatic rings. The monoisotopic (exact) mass is 329 g/mol. The van der Waals surface area contributed by atoms with Gasteiger partial charge in [0, 0.05) is 12.7 Å². The second kappa shape index (κ2) is 7.68. The minimum atomic E-state index is -0.585. The summed E-state index contributed by atoms with van der Waals surface area (Å²) in [5.41, 5.74) is 0.771. The molecule has 3 N–H and O–H groups in total. The van der Waals surface area contributed by atoms with Gasteiger partial charge >= 0.3 is 6.09 Å². The van der Waals surface area contributed by atoms with E-state index in [4.69, 9.17) is 4.74 Å². The first-order valence-corrected chi connectivity index (χ1v) is 7.81. The van der Waals surface area contributed by atoms with Crippen LogP contribution in [0.15, 0.2) is 48.7 Å². The topological polar surface area (TPSA) is 83.2 Å². The number of hydrogen-bond acceptors (Lipinski definition) is 3. The van der Waals surface area contributed by atoms with Crippen molar-refractivity contribution < 1.29 is 14.3 Å². The molecule has 0 unspecified atom stereocenters. The third kappa shape index (κ3) is 5.46. The van der Waals surface area contributed by atoms with Crippen LogP contribution in [0, 0.1) is 0 Å². The van der Waals surface area contributed by atoms with Crippen molar-refractivity contribution in [2.24, 2.45) is 0 Å². The van der Waals surface area contributed by atoms with Gasteiger partial charge in [0.25, 0.3) is 5.91 Å². The molecule has 0 aliphatic carbocycles. The van der Waals surface area contributed by atoms with Gasteiger partial charge < -0.3 is 20.4 Å². The van der Waals surface area contributed by atoms with E-state index in [1.807, 2.05) is 30.3 Å². The van der Waals surface area contributed by atoms with Gasteiger partial charge in [0.15, 0.2) is 0 Å². The van der Waals surface area contributed by atoms with Crippen LogP contribution in [0.4, 0.5) is 4.79 Å². The second-order valence-corrected chi connectivity index (χ2v) is 6.40. The van der Waals surface area contributed by atoms with Crippen LogP contribution < -0.4 is 10.6 Å². The van der Waals surface area contributed by atoms with Crippen LogP contribution in [-0.2, 0) is 4.74 Å². The average molecular weight is 329 g/mol. The van der Waals surface area contributed by atoms with E-state index in [0.717, 1.165) is 5.56 Å². The summed E-state index contributed by atoms with van der Waals surface area (Å²) < 4.78 is 5.30. The summed E-state index contributed by atoms with van der Waals surface area (Å²) in [6.07, 6.45) is 1.16. The molecule has 0 fully saturated rings. The molecule has 6 heteroatoms. The lowest BCUT2D eigenvalue weighted by atomic mass is 10.1. The van der Waals surface area contributed by atoms with Crippen LogP contribution in [0.1, 0.15) is 42.9 Å². The third-order valence-corrected chi connectivity index (χ3v) is 3.20. The molecule has 1 aromatic carbocycles. The average Bonchev–Trinajstić information content (AvgIpc) is 3.04. The number of carbonyl (C=O) groups is 2. The van der Waals surface area contributed by atoms with Gasteiger partial charge in [0.2, 0.25) is 0 Å². The number of alkyl carbamates (subject to hydrolysis) is 1. The molecular weight excluding hydrogens is 306 g/mol. The Morgan fingerprint density at radius 1 is 1.12 bits per heavy atom. The summed E-state index contributed by atoms with van der Waals surface area (Å²) in [5, 5.41) is 5.62. The van der Waals surface area contributed by atoms with E-state index in [1.165, 1.54) is 0 Å². The number of carbonyl (C=O) groups excluding carboxylic acids is 2. The standard InChI is InChI=1S/C18H23N3O3/c1-18(2,3)24-17(23)21-15(13-8-5-4-6-9-13)12-20-16(22)14-10-7-11-19-14/h4-11,15,19H,12H2,1-3H3,(H,20,22)(H,21,23)/t15-/m1/s1. The minimum Gasteiger partial charge on any atom is -0.444 e. The van der Waals surface area contributed by atoms with E-state index in [1.54, 1.807) is 39.1 Å². The lowest BCUT2D eigenvalue weighted by Crippen LogP contribution is -2.40. The number of aromatic nitrogens is 1. The van der Waals surface area contributed by atoms with Crippen molar-refractivity contribution in [3.63, 3.8) is 0 Å². The Hall–Kier alpha value is -2.76. The maximum absolute atomic E-state index is 12.1. The molecule has 0 bridgehead atoms. The molecule has 128 valence electrons. The molecular formula is C18H23N3O3. The zero-order chi connectivity index (χ0) is 17.6. The van der Waals surface area contributed by atoms with E-state index < -0.39 is 11.7 Å². The van der Waals surface area contributed by atoms with Crippen molar-refractivity contribution >= 4 is 12.0 Å². The molecule has 2 amide bonds. The van der Waals surface area contributed by atoms with E-state index >= 15 is 0 Å². The van der Waals surface area contributed by atoms with Crippen molar-refractivity contribution in [3.8, 4) is 0 Å². The number of H-pyrrole nitrogens is 1. The fraction of sp³-hybridized carbons (Fsp3) is 0.333. The molecule has 0 aliphatic rings. The van der Waals surface area contributed by atoms with E-state index in [0.29, 0.717) is 5.69 Å². The number of hydrogen-bond donors (Lipinski definition) is 3. The summed E-state index contributed by atoms with van der Waals surface area (Å²) in [4.78, 5) is 27.0. The summed E-state index contributed by atoms with van der Waals surface area (Å²) in [7, 11) is 0. The highest BCUT2D eigenvalue weighted by molar-refractivity contribution is 5.92. The van der Waals surface area contributed by atoms with Crippen LogP contribution in [-0.4, -0.2) is 29.1 Å². The predicted octanol–water partition coefficient (Wildman–Crippen LogP) is 3.01. The number of ether oxygens (including phenoxy) is 1. The maximum Gasteiger partial charge on any atom is 0.408 e. The lowest BCUT2D eigenvalue weighted by Gasteiger charge is -2.24. The van der Waals surface area contributed by atoms with Gasteiger partial charge in [-0.25, -0.2) is 4.79 Å². The molecule has 1 heterocycles. The molecule has 1 atom stereocenters. The van der Waals surface area contributed by atoms with Crippen LogP contribution in [0.2, 0.25) is 0 Å². The van der Waals surface area contributed by atoms with Crippen LogP contribution in [0.5, 0.6) is 0 Å². The molecule has 0 saturated heterocycles. The number of rotatable bonds is 5. The van der Waals surface area contributed by atoms with Crippen molar-refractivity contribution in [2.75, 3.05) is 6.54 Å². The summed E-state index contributed by atoms with van der Waals surface area (Å²) in [6, 6.07) is 12.5. The van der Waals surface area contributed by atoms with Gasteiger partial charge in [-0.05, 0) is 38.5 Å². The van der Waals surface area contributed by atoms with Crippen molar-refractivity contribution in [2.45, 2.75) is 32.4 Å². The van der Waals surface area contributed by atoms with Crippen LogP contribution >= 0.6 is 0 Å². The summed E-state index contributed by atoms with van der Waals surface area (Å²) >= 11 is 0. The normalized spacial score (nSPS) is 12.3. The van der Waals surface area contributed by atoms with Gasteiger partial charge in [-0.1, -0.05) is 30.3 Å². The number of amides is 2. The van der Waals surface area contributed by atoms with E-state index in [2.05, 4.69) is 15.6 Å². The van der Waals surface area contributed by atoms with Crippen molar-refractivity contribution in [3.05, 3.63) is 59.9 Å².